The number of benzene rings is 1. The van der Waals surface area contributed by atoms with E-state index in [-0.39, 0.29) is 22.3 Å². The number of nitrogens with one attached hydrogen (secondary N) is 1. The Morgan fingerprint density at radius 2 is 1.52 bits per heavy atom. The number of rotatable bonds is 7. The summed E-state index contributed by atoms with van der Waals surface area (Å²) in [5.74, 6) is 0.234. The summed E-state index contributed by atoms with van der Waals surface area (Å²) in [5.41, 5.74) is 0. The first-order valence-corrected chi connectivity index (χ1v) is 9.87. The van der Waals surface area contributed by atoms with Crippen LogP contribution in [0.15, 0.2) is 34.1 Å². The van der Waals surface area contributed by atoms with Crippen LogP contribution in [0.5, 0.6) is 0 Å². The standard InChI is InChI=1S/C13H21NO5S2/c1-10(2)8-11(9-15)14-21(18,19)13-6-4-12(5-7-13)20(3,16)17/h4-7,10-11,14-15H,8-9H2,1-3H3. The average molecular weight is 335 g/mol. The van der Waals surface area contributed by atoms with Gasteiger partial charge >= 0.3 is 0 Å². The normalized spacial score (nSPS) is 14.3. The van der Waals surface area contributed by atoms with Gasteiger partial charge in [0, 0.05) is 12.3 Å². The predicted molar refractivity (Wildman–Crippen MR) is 80.2 cm³/mol. The third-order valence-electron chi connectivity index (χ3n) is 2.86. The SMILES string of the molecule is CC(C)CC(CO)NS(=O)(=O)c1ccc(S(C)(=O)=O)cc1. The fourth-order valence-corrected chi connectivity index (χ4v) is 3.75. The van der Waals surface area contributed by atoms with Crippen LogP contribution in [0.1, 0.15) is 20.3 Å². The topological polar surface area (TPSA) is 101 Å². The molecule has 2 N–H and O–H groups in total. The van der Waals surface area contributed by atoms with E-state index in [2.05, 4.69) is 4.72 Å². The molecule has 6 nitrogen and oxygen atoms in total. The summed E-state index contributed by atoms with van der Waals surface area (Å²) in [7, 11) is -7.15. The molecule has 1 atom stereocenters. The molecule has 0 saturated heterocycles. The number of sulfone groups is 1. The Kier molecular flexibility index (Phi) is 5.92. The van der Waals surface area contributed by atoms with Gasteiger partial charge in [-0.25, -0.2) is 21.6 Å². The molecule has 120 valence electrons. The van der Waals surface area contributed by atoms with Gasteiger partial charge in [0.25, 0.3) is 0 Å². The molecule has 0 aromatic heterocycles. The van der Waals surface area contributed by atoms with E-state index in [4.69, 9.17) is 0 Å². The van der Waals surface area contributed by atoms with Gasteiger partial charge in [-0.3, -0.25) is 0 Å². The lowest BCUT2D eigenvalue weighted by atomic mass is 10.1. The molecular weight excluding hydrogens is 314 g/mol. The summed E-state index contributed by atoms with van der Waals surface area (Å²) in [4.78, 5) is 0.0273. The lowest BCUT2D eigenvalue weighted by molar-refractivity contribution is 0.240. The Hall–Kier alpha value is -0.960. The van der Waals surface area contributed by atoms with Gasteiger partial charge in [-0.1, -0.05) is 13.8 Å². The van der Waals surface area contributed by atoms with Crippen LogP contribution in [0, 0.1) is 5.92 Å². The van der Waals surface area contributed by atoms with Gasteiger partial charge in [-0.15, -0.1) is 0 Å². The molecule has 0 saturated carbocycles. The first-order valence-electron chi connectivity index (χ1n) is 6.49. The number of hydrogen-bond acceptors (Lipinski definition) is 5. The second-order valence-electron chi connectivity index (χ2n) is 5.37. The molecule has 1 aromatic rings. The van der Waals surface area contributed by atoms with Crippen molar-refractivity contribution in [2.75, 3.05) is 12.9 Å². The molecule has 1 rings (SSSR count). The predicted octanol–water partition coefficient (Wildman–Crippen LogP) is 0.775. The highest BCUT2D eigenvalue weighted by atomic mass is 32.2. The zero-order valence-electron chi connectivity index (χ0n) is 12.3. The highest BCUT2D eigenvalue weighted by molar-refractivity contribution is 7.90. The zero-order valence-corrected chi connectivity index (χ0v) is 13.9. The summed E-state index contributed by atoms with van der Waals surface area (Å²) in [5, 5.41) is 9.23. The van der Waals surface area contributed by atoms with Crippen LogP contribution in [-0.4, -0.2) is 40.8 Å². The van der Waals surface area contributed by atoms with Gasteiger partial charge < -0.3 is 5.11 Å². The molecule has 0 amide bonds. The van der Waals surface area contributed by atoms with Crippen molar-refractivity contribution in [1.29, 1.82) is 0 Å². The van der Waals surface area contributed by atoms with Crippen LogP contribution in [0.4, 0.5) is 0 Å². The molecule has 0 aliphatic carbocycles. The summed E-state index contributed by atoms with van der Waals surface area (Å²) in [6.45, 7) is 3.56. The maximum Gasteiger partial charge on any atom is 0.240 e. The van der Waals surface area contributed by atoms with E-state index < -0.39 is 25.9 Å². The molecule has 0 aliphatic rings. The molecule has 0 fully saturated rings. The average Bonchev–Trinajstić information content (AvgIpc) is 2.36. The van der Waals surface area contributed by atoms with Crippen molar-refractivity contribution >= 4 is 19.9 Å². The minimum absolute atomic E-state index is 0.0305. The van der Waals surface area contributed by atoms with Crippen molar-refractivity contribution in [1.82, 2.24) is 4.72 Å². The molecule has 0 aliphatic heterocycles. The molecular formula is C13H21NO5S2. The van der Waals surface area contributed by atoms with Crippen molar-refractivity contribution in [3.8, 4) is 0 Å². The molecule has 0 spiro atoms. The third-order valence-corrected chi connectivity index (χ3v) is 5.53. The van der Waals surface area contributed by atoms with Crippen LogP contribution in [-0.2, 0) is 19.9 Å². The smallest absolute Gasteiger partial charge is 0.240 e. The summed E-state index contributed by atoms with van der Waals surface area (Å²) in [6, 6.07) is 4.41. The van der Waals surface area contributed by atoms with Gasteiger partial charge in [0.2, 0.25) is 10.0 Å². The van der Waals surface area contributed by atoms with Gasteiger partial charge in [-0.05, 0) is 36.6 Å². The first kappa shape index (κ1) is 18.1. The summed E-state index contributed by atoms with van der Waals surface area (Å²) in [6.07, 6.45) is 1.57. The number of hydrogen-bond donors (Lipinski definition) is 2. The molecule has 0 heterocycles. The summed E-state index contributed by atoms with van der Waals surface area (Å²) < 4.78 is 49.4. The minimum Gasteiger partial charge on any atom is -0.395 e. The van der Waals surface area contributed by atoms with E-state index in [1.807, 2.05) is 13.8 Å². The van der Waals surface area contributed by atoms with E-state index in [0.29, 0.717) is 6.42 Å². The van der Waals surface area contributed by atoms with Crippen LogP contribution in [0.25, 0.3) is 0 Å². The second kappa shape index (κ2) is 6.87. The highest BCUT2D eigenvalue weighted by Crippen LogP contribution is 2.15. The number of aliphatic hydroxyl groups is 1. The van der Waals surface area contributed by atoms with E-state index >= 15 is 0 Å². The number of aliphatic hydroxyl groups excluding tert-OH is 1. The van der Waals surface area contributed by atoms with E-state index in [0.717, 1.165) is 6.26 Å². The van der Waals surface area contributed by atoms with Gasteiger partial charge in [0.05, 0.1) is 16.4 Å². The van der Waals surface area contributed by atoms with Crippen LogP contribution < -0.4 is 4.72 Å². The van der Waals surface area contributed by atoms with E-state index in [1.54, 1.807) is 0 Å². The molecule has 1 aromatic carbocycles. The Labute approximate surface area is 126 Å². The maximum absolute atomic E-state index is 12.2. The van der Waals surface area contributed by atoms with E-state index in [1.165, 1.54) is 24.3 Å². The van der Waals surface area contributed by atoms with Crippen molar-refractivity contribution in [3.05, 3.63) is 24.3 Å². The lowest BCUT2D eigenvalue weighted by Gasteiger charge is -2.18. The lowest BCUT2D eigenvalue weighted by Crippen LogP contribution is -2.38. The molecule has 8 heteroatoms. The quantitative estimate of drug-likeness (QED) is 0.767. The fourth-order valence-electron chi connectivity index (χ4n) is 1.88. The van der Waals surface area contributed by atoms with Crippen LogP contribution in [0.3, 0.4) is 0 Å². The van der Waals surface area contributed by atoms with Crippen molar-refractivity contribution in [2.45, 2.75) is 36.1 Å². The monoisotopic (exact) mass is 335 g/mol. The highest BCUT2D eigenvalue weighted by Gasteiger charge is 2.21. The summed E-state index contributed by atoms with van der Waals surface area (Å²) >= 11 is 0. The Balaban J connectivity index is 2.97. The van der Waals surface area contributed by atoms with E-state index in [9.17, 15) is 21.9 Å². The molecule has 21 heavy (non-hydrogen) atoms. The van der Waals surface area contributed by atoms with Crippen molar-refractivity contribution < 1.29 is 21.9 Å². The largest absolute Gasteiger partial charge is 0.395 e. The minimum atomic E-state index is -3.78. The van der Waals surface area contributed by atoms with Crippen molar-refractivity contribution in [2.24, 2.45) is 5.92 Å². The Bertz CT molecular complexity index is 663. The number of sulfonamides is 1. The molecule has 0 radical (unpaired) electrons. The van der Waals surface area contributed by atoms with Gasteiger partial charge in [0.1, 0.15) is 0 Å². The van der Waals surface area contributed by atoms with Crippen molar-refractivity contribution in [3.63, 3.8) is 0 Å². The molecule has 0 bridgehead atoms. The Morgan fingerprint density at radius 3 is 1.90 bits per heavy atom. The molecule has 1 unspecified atom stereocenters. The Morgan fingerprint density at radius 1 is 1.05 bits per heavy atom. The zero-order chi connectivity index (χ0) is 16.3. The third kappa shape index (κ3) is 5.39. The van der Waals surface area contributed by atoms with Gasteiger partial charge in [-0.2, -0.15) is 0 Å². The second-order valence-corrected chi connectivity index (χ2v) is 9.10. The fraction of sp³-hybridized carbons (Fsp3) is 0.538. The van der Waals surface area contributed by atoms with Gasteiger partial charge in [0.15, 0.2) is 9.84 Å². The maximum atomic E-state index is 12.2. The van der Waals surface area contributed by atoms with Crippen LogP contribution in [0.2, 0.25) is 0 Å². The van der Waals surface area contributed by atoms with Crippen LogP contribution >= 0.6 is 0 Å². The first-order chi connectivity index (χ1) is 9.56.